The summed E-state index contributed by atoms with van der Waals surface area (Å²) in [5.74, 6) is 0.550. The predicted molar refractivity (Wildman–Crippen MR) is 120 cm³/mol. The highest BCUT2D eigenvalue weighted by Crippen LogP contribution is 2.34. The fourth-order valence-corrected chi connectivity index (χ4v) is 2.60. The monoisotopic (exact) mass is 433 g/mol. The van der Waals surface area contributed by atoms with Crippen LogP contribution in [0.2, 0.25) is 0 Å². The van der Waals surface area contributed by atoms with Crippen molar-refractivity contribution in [3.8, 4) is 17.6 Å². The van der Waals surface area contributed by atoms with Crippen LogP contribution in [0.5, 0.6) is 11.5 Å². The zero-order chi connectivity index (χ0) is 19.9. The molecule has 0 amide bonds. The van der Waals surface area contributed by atoms with Crippen molar-refractivity contribution in [2.75, 3.05) is 5.32 Å². The van der Waals surface area contributed by atoms with E-state index in [0.717, 1.165) is 0 Å². The summed E-state index contributed by atoms with van der Waals surface area (Å²) >= 11 is 4.42. The second kappa shape index (κ2) is 11.4. The molecule has 0 saturated carbocycles. The van der Waals surface area contributed by atoms with Crippen molar-refractivity contribution in [1.29, 1.82) is 5.26 Å². The lowest BCUT2D eigenvalue weighted by molar-refractivity contribution is 0.483. The number of halogens is 1. The topological polar surface area (TPSA) is 159 Å². The van der Waals surface area contributed by atoms with E-state index < -0.39 is 5.82 Å². The van der Waals surface area contributed by atoms with Gasteiger partial charge in [0.25, 0.3) is 0 Å². The molecule has 0 saturated heterocycles. The molecule has 8 nitrogen and oxygen atoms in total. The van der Waals surface area contributed by atoms with Crippen molar-refractivity contribution in [2.45, 2.75) is 11.4 Å². The molecule has 0 unspecified atom stereocenters. The Labute approximate surface area is 180 Å². The summed E-state index contributed by atoms with van der Waals surface area (Å²) in [6.45, 7) is -0.0132. The van der Waals surface area contributed by atoms with Crippen LogP contribution in [0.3, 0.4) is 0 Å². The highest BCUT2D eigenvalue weighted by atomic mass is 32.1. The van der Waals surface area contributed by atoms with E-state index in [4.69, 9.17) is 15.7 Å². The van der Waals surface area contributed by atoms with Crippen molar-refractivity contribution in [2.24, 2.45) is 10.7 Å². The number of nitrogens with two attached hydrogens (primary N) is 1. The maximum absolute atomic E-state index is 13.7. The molecule has 0 aliphatic rings. The molecule has 0 atom stereocenters. The lowest BCUT2D eigenvalue weighted by Gasteiger charge is -2.14. The lowest BCUT2D eigenvalue weighted by atomic mass is 10.2. The van der Waals surface area contributed by atoms with Gasteiger partial charge in [-0.2, -0.15) is 5.26 Å². The Morgan fingerprint density at radius 1 is 1.23 bits per heavy atom. The molecule has 7 N–H and O–H groups in total. The quantitative estimate of drug-likeness (QED) is 0.320. The number of nitrogens with zero attached hydrogens (tertiary/aromatic N) is 3. The lowest BCUT2D eigenvalue weighted by Crippen LogP contribution is -2.23. The number of aliphatic imine (C=N–C) groups is 1. The minimum absolute atomic E-state index is 0. The van der Waals surface area contributed by atoms with Gasteiger partial charge in [0.15, 0.2) is 11.7 Å². The summed E-state index contributed by atoms with van der Waals surface area (Å²) in [6, 6.07) is 16.9. The third kappa shape index (κ3) is 6.18. The Morgan fingerprint density at radius 3 is 2.73 bits per heavy atom. The second-order valence-corrected chi connectivity index (χ2v) is 6.13. The predicted octanol–water partition coefficient (Wildman–Crippen LogP) is 2.94. The number of aromatic nitrogens is 1. The molecule has 0 spiro atoms. The van der Waals surface area contributed by atoms with E-state index in [1.54, 1.807) is 42.5 Å². The number of nitriles is 1. The van der Waals surface area contributed by atoms with Crippen molar-refractivity contribution in [1.82, 2.24) is 4.98 Å². The van der Waals surface area contributed by atoms with Gasteiger partial charge in [0.1, 0.15) is 11.6 Å². The molecule has 0 bridgehead atoms. The molecule has 3 rings (SSSR count). The molecule has 1 heterocycles. The van der Waals surface area contributed by atoms with Gasteiger partial charge >= 0.3 is 0 Å². The summed E-state index contributed by atoms with van der Waals surface area (Å²) in [5, 5.41) is 12.0. The Bertz CT molecular complexity index is 1080. The number of rotatable bonds is 5. The second-order valence-electron chi connectivity index (χ2n) is 5.65. The number of nitrogens with one attached hydrogen (secondary N) is 1. The third-order valence-electron chi connectivity index (χ3n) is 3.68. The maximum atomic E-state index is 13.7. The number of hydrogen-bond donors (Lipinski definition) is 3. The van der Waals surface area contributed by atoms with E-state index in [1.165, 1.54) is 18.3 Å². The Hall–Kier alpha value is -3.65. The number of guanidine groups is 1. The first-order valence-electron chi connectivity index (χ1n) is 8.23. The number of thiol groups is 1. The largest absolute Gasteiger partial charge is 0.455 e. The Morgan fingerprint density at radius 2 is 2.00 bits per heavy atom. The normalized spacial score (nSPS) is 10.2. The molecule has 30 heavy (non-hydrogen) atoms. The standard InChI is InChI=1S/C20H16FN5OS.2H2O.2H2/c21-15-6-3-9-24-16(15)12-25-20(23)26-19-17(7-2-8-18(19)28)27-14-5-1-4-13(10-14)11-22;;;;/h1-10,28H,12H2,(H3,23,25,26);2*1H2;2*1H. The number of benzene rings is 2. The van der Waals surface area contributed by atoms with Crippen LogP contribution in [0.1, 0.15) is 14.1 Å². The number of pyridine rings is 1. The van der Waals surface area contributed by atoms with Gasteiger partial charge in [-0.05, 0) is 42.5 Å². The molecule has 1 aromatic heterocycles. The highest BCUT2D eigenvalue weighted by molar-refractivity contribution is 7.80. The van der Waals surface area contributed by atoms with E-state index in [-0.39, 0.29) is 32.0 Å². The summed E-state index contributed by atoms with van der Waals surface area (Å²) in [6.07, 6.45) is 1.49. The first-order valence-corrected chi connectivity index (χ1v) is 8.68. The van der Waals surface area contributed by atoms with E-state index in [0.29, 0.717) is 27.6 Å². The smallest absolute Gasteiger partial charge is 0.193 e. The average molecular weight is 434 g/mol. The Kier molecular flexibility index (Phi) is 9.25. The molecule has 0 aliphatic carbocycles. The van der Waals surface area contributed by atoms with Gasteiger partial charge < -0.3 is 26.7 Å². The molecule has 0 fully saturated rings. The van der Waals surface area contributed by atoms with Crippen LogP contribution in [0.15, 0.2) is 70.7 Å². The zero-order valence-corrected chi connectivity index (χ0v) is 16.5. The number of para-hydroxylation sites is 1. The molecular formula is C20H24FN5O3S. The fraction of sp³-hybridized carbons (Fsp3) is 0.0500. The third-order valence-corrected chi connectivity index (χ3v) is 4.05. The van der Waals surface area contributed by atoms with Crippen molar-refractivity contribution < 1.29 is 22.9 Å². The minimum atomic E-state index is -0.449. The van der Waals surface area contributed by atoms with Crippen LogP contribution in [0, 0.1) is 17.1 Å². The van der Waals surface area contributed by atoms with Gasteiger partial charge in [-0.3, -0.25) is 4.98 Å². The fourth-order valence-electron chi connectivity index (χ4n) is 2.35. The van der Waals surface area contributed by atoms with Crippen LogP contribution in [-0.4, -0.2) is 21.9 Å². The molecule has 3 aromatic rings. The van der Waals surface area contributed by atoms with E-state index in [2.05, 4.69) is 34.0 Å². The first kappa shape index (κ1) is 24.4. The van der Waals surface area contributed by atoms with Crippen molar-refractivity contribution >= 4 is 24.3 Å². The molecule has 2 aromatic carbocycles. The van der Waals surface area contributed by atoms with Crippen LogP contribution >= 0.6 is 12.6 Å². The number of hydrogen-bond acceptors (Lipinski definition) is 5. The van der Waals surface area contributed by atoms with Gasteiger partial charge in [0.2, 0.25) is 0 Å². The SMILES string of the molecule is N#Cc1cccc(Oc2cccc(S)c2NC(N)=NCc2ncccc2F)c1.O.O.[HH].[HH]. The average Bonchev–Trinajstić information content (AvgIpc) is 2.70. The van der Waals surface area contributed by atoms with E-state index in [1.807, 2.05) is 0 Å². The summed E-state index contributed by atoms with van der Waals surface area (Å²) in [5.41, 5.74) is 7.10. The van der Waals surface area contributed by atoms with Gasteiger partial charge in [-0.15, -0.1) is 12.6 Å². The van der Waals surface area contributed by atoms with Gasteiger partial charge in [-0.25, -0.2) is 9.38 Å². The summed E-state index contributed by atoms with van der Waals surface area (Å²) < 4.78 is 19.5. The van der Waals surface area contributed by atoms with E-state index in [9.17, 15) is 4.39 Å². The van der Waals surface area contributed by atoms with Gasteiger partial charge in [-0.1, -0.05) is 12.1 Å². The Balaban J connectivity index is 0. The number of ether oxygens (including phenoxy) is 1. The first-order chi connectivity index (χ1) is 13.6. The van der Waals surface area contributed by atoms with Gasteiger partial charge in [0.05, 0.1) is 29.6 Å². The summed E-state index contributed by atoms with van der Waals surface area (Å²) in [4.78, 5) is 8.63. The van der Waals surface area contributed by atoms with E-state index >= 15 is 0 Å². The highest BCUT2D eigenvalue weighted by Gasteiger charge is 2.11. The minimum Gasteiger partial charge on any atom is -0.455 e. The van der Waals surface area contributed by atoms with Crippen molar-refractivity contribution in [3.05, 3.63) is 77.9 Å². The molecule has 160 valence electrons. The zero-order valence-electron chi connectivity index (χ0n) is 15.6. The molecule has 0 aliphatic heterocycles. The van der Waals surface area contributed by atoms with Crippen LogP contribution < -0.4 is 15.8 Å². The molecule has 10 heteroatoms. The van der Waals surface area contributed by atoms with Crippen molar-refractivity contribution in [3.63, 3.8) is 0 Å². The molecular weight excluding hydrogens is 409 g/mol. The molecule has 0 radical (unpaired) electrons. The van der Waals surface area contributed by atoms with Gasteiger partial charge in [0, 0.05) is 13.9 Å². The van der Waals surface area contributed by atoms with Crippen LogP contribution in [0.4, 0.5) is 10.1 Å². The summed E-state index contributed by atoms with van der Waals surface area (Å²) in [7, 11) is 0. The maximum Gasteiger partial charge on any atom is 0.193 e. The van der Waals surface area contributed by atoms with Crippen LogP contribution in [-0.2, 0) is 6.54 Å². The van der Waals surface area contributed by atoms with Crippen LogP contribution in [0.25, 0.3) is 0 Å². The number of anilines is 1.